The van der Waals surface area contributed by atoms with Crippen LogP contribution in [-0.4, -0.2) is 44.3 Å². The lowest BCUT2D eigenvalue weighted by Crippen LogP contribution is -2.53. The monoisotopic (exact) mass is 615 g/mol. The fraction of sp³-hybridized carbons (Fsp3) is 0.257. The number of nitrogens with zero attached hydrogens (tertiary/aromatic N) is 2. The van der Waals surface area contributed by atoms with Crippen molar-refractivity contribution in [1.82, 2.24) is 10.2 Å². The molecule has 44 heavy (non-hydrogen) atoms. The summed E-state index contributed by atoms with van der Waals surface area (Å²) >= 11 is 0. The van der Waals surface area contributed by atoms with Crippen molar-refractivity contribution in [2.45, 2.75) is 44.7 Å². The first-order valence-corrected chi connectivity index (χ1v) is 16.0. The minimum absolute atomic E-state index is 0.0159. The van der Waals surface area contributed by atoms with E-state index in [4.69, 9.17) is 0 Å². The Morgan fingerprint density at radius 2 is 1.43 bits per heavy atom. The Kier molecular flexibility index (Phi) is 10.9. The Morgan fingerprint density at radius 3 is 2.05 bits per heavy atom. The van der Waals surface area contributed by atoms with E-state index < -0.39 is 34.3 Å². The van der Waals surface area contributed by atoms with Gasteiger partial charge in [-0.3, -0.25) is 13.9 Å². The standard InChI is InChI=1S/C35H38FN3O4S/c1-26(2)23-37-35(41)33(22-28-12-6-4-7-13-28)38(24-29-14-10-11-27(3)21-29)34(40)25-39(31-19-17-30(36)18-20-31)44(42,43)32-15-8-5-9-16-32/h4-21,26,33H,22-25H2,1-3H3,(H,37,41)/t33-/m0/s1. The van der Waals surface area contributed by atoms with Crippen LogP contribution in [0.25, 0.3) is 0 Å². The Morgan fingerprint density at radius 1 is 0.818 bits per heavy atom. The summed E-state index contributed by atoms with van der Waals surface area (Å²) in [6, 6.07) is 28.8. The van der Waals surface area contributed by atoms with Crippen molar-refractivity contribution >= 4 is 27.5 Å². The molecule has 0 aromatic heterocycles. The molecule has 4 aromatic carbocycles. The first kappa shape index (κ1) is 32.4. The minimum atomic E-state index is -4.24. The molecule has 2 amide bonds. The largest absolute Gasteiger partial charge is 0.354 e. The molecule has 4 aromatic rings. The third-order valence-corrected chi connectivity index (χ3v) is 8.90. The molecule has 0 aliphatic rings. The second-order valence-corrected chi connectivity index (χ2v) is 13.0. The molecular formula is C35H38FN3O4S. The van der Waals surface area contributed by atoms with Gasteiger partial charge in [0.1, 0.15) is 18.4 Å². The van der Waals surface area contributed by atoms with Crippen LogP contribution in [0, 0.1) is 18.7 Å². The van der Waals surface area contributed by atoms with Crippen LogP contribution < -0.4 is 9.62 Å². The van der Waals surface area contributed by atoms with Gasteiger partial charge >= 0.3 is 0 Å². The third kappa shape index (κ3) is 8.54. The third-order valence-electron chi connectivity index (χ3n) is 7.12. The number of amides is 2. The van der Waals surface area contributed by atoms with E-state index in [2.05, 4.69) is 5.32 Å². The number of hydrogen-bond donors (Lipinski definition) is 1. The first-order chi connectivity index (χ1) is 21.0. The molecule has 0 fully saturated rings. The lowest BCUT2D eigenvalue weighted by atomic mass is 10.0. The summed E-state index contributed by atoms with van der Waals surface area (Å²) in [5.74, 6) is -1.26. The fourth-order valence-corrected chi connectivity index (χ4v) is 6.27. The first-order valence-electron chi connectivity index (χ1n) is 14.5. The molecule has 9 heteroatoms. The molecule has 0 saturated carbocycles. The van der Waals surface area contributed by atoms with E-state index in [9.17, 15) is 22.4 Å². The zero-order valence-corrected chi connectivity index (χ0v) is 26.0. The number of sulfonamides is 1. The number of benzene rings is 4. The molecule has 0 saturated heterocycles. The van der Waals surface area contributed by atoms with Crippen LogP contribution >= 0.6 is 0 Å². The maximum absolute atomic E-state index is 14.4. The van der Waals surface area contributed by atoms with Gasteiger partial charge in [-0.05, 0) is 60.4 Å². The average Bonchev–Trinajstić information content (AvgIpc) is 3.01. The topological polar surface area (TPSA) is 86.8 Å². The van der Waals surface area contributed by atoms with Crippen LogP contribution in [0.1, 0.15) is 30.5 Å². The maximum atomic E-state index is 14.4. The molecule has 1 atom stereocenters. The summed E-state index contributed by atoms with van der Waals surface area (Å²) < 4.78 is 42.7. The molecule has 0 radical (unpaired) electrons. The quantitative estimate of drug-likeness (QED) is 0.208. The Balaban J connectivity index is 1.79. The lowest BCUT2D eigenvalue weighted by Gasteiger charge is -2.34. The van der Waals surface area contributed by atoms with Crippen molar-refractivity contribution in [1.29, 1.82) is 0 Å². The van der Waals surface area contributed by atoms with Gasteiger partial charge in [-0.1, -0.05) is 92.2 Å². The van der Waals surface area contributed by atoms with Gasteiger partial charge in [0.15, 0.2) is 0 Å². The van der Waals surface area contributed by atoms with Gasteiger partial charge in [0, 0.05) is 19.5 Å². The molecular weight excluding hydrogens is 577 g/mol. The number of carbonyl (C=O) groups is 2. The molecule has 0 bridgehead atoms. The van der Waals surface area contributed by atoms with Crippen LogP contribution in [0.15, 0.2) is 114 Å². The predicted octanol–water partition coefficient (Wildman–Crippen LogP) is 5.74. The Labute approximate surface area is 259 Å². The smallest absolute Gasteiger partial charge is 0.264 e. The highest BCUT2D eigenvalue weighted by Crippen LogP contribution is 2.25. The van der Waals surface area contributed by atoms with Crippen LogP contribution in [0.2, 0.25) is 0 Å². The summed E-state index contributed by atoms with van der Waals surface area (Å²) in [5.41, 5.74) is 2.76. The van der Waals surface area contributed by atoms with E-state index in [-0.39, 0.29) is 35.4 Å². The fourth-order valence-electron chi connectivity index (χ4n) is 4.84. The summed E-state index contributed by atoms with van der Waals surface area (Å²) in [7, 11) is -4.24. The normalized spacial score (nSPS) is 12.0. The number of halogens is 1. The van der Waals surface area contributed by atoms with Gasteiger partial charge in [0.2, 0.25) is 11.8 Å². The maximum Gasteiger partial charge on any atom is 0.264 e. The zero-order valence-electron chi connectivity index (χ0n) is 25.2. The van der Waals surface area contributed by atoms with E-state index in [1.165, 1.54) is 29.2 Å². The molecule has 1 N–H and O–H groups in total. The Bertz CT molecular complexity index is 1650. The molecule has 230 valence electrons. The number of carbonyl (C=O) groups excluding carboxylic acids is 2. The molecule has 0 spiro atoms. The van der Waals surface area contributed by atoms with Gasteiger partial charge < -0.3 is 10.2 Å². The highest BCUT2D eigenvalue weighted by atomic mass is 32.2. The number of hydrogen-bond acceptors (Lipinski definition) is 4. The van der Waals surface area contributed by atoms with Crippen LogP contribution in [0.4, 0.5) is 10.1 Å². The van der Waals surface area contributed by atoms with E-state index in [0.29, 0.717) is 6.54 Å². The van der Waals surface area contributed by atoms with Crippen molar-refractivity contribution in [2.24, 2.45) is 5.92 Å². The van der Waals surface area contributed by atoms with Crippen molar-refractivity contribution in [3.63, 3.8) is 0 Å². The highest BCUT2D eigenvalue weighted by Gasteiger charge is 2.34. The molecule has 7 nitrogen and oxygen atoms in total. The molecule has 0 heterocycles. The second-order valence-electron chi connectivity index (χ2n) is 11.2. The molecule has 4 rings (SSSR count). The van der Waals surface area contributed by atoms with Crippen molar-refractivity contribution < 1.29 is 22.4 Å². The highest BCUT2D eigenvalue weighted by molar-refractivity contribution is 7.92. The van der Waals surface area contributed by atoms with E-state index >= 15 is 0 Å². The average molecular weight is 616 g/mol. The number of anilines is 1. The second kappa shape index (κ2) is 14.8. The van der Waals surface area contributed by atoms with Crippen molar-refractivity contribution in [3.05, 3.63) is 132 Å². The summed E-state index contributed by atoms with van der Waals surface area (Å²) in [6.45, 7) is 5.80. The number of aryl methyl sites for hydroxylation is 1. The van der Waals surface area contributed by atoms with Gasteiger partial charge in [0.25, 0.3) is 10.0 Å². The summed E-state index contributed by atoms with van der Waals surface area (Å²) in [4.78, 5) is 29.6. The molecule has 0 aliphatic heterocycles. The van der Waals surface area contributed by atoms with E-state index in [1.807, 2.05) is 75.4 Å². The summed E-state index contributed by atoms with van der Waals surface area (Å²) in [5, 5.41) is 2.98. The molecule has 0 aliphatic carbocycles. The molecule has 0 unspecified atom stereocenters. The number of rotatable bonds is 13. The zero-order chi connectivity index (χ0) is 31.7. The SMILES string of the molecule is Cc1cccc(CN(C(=O)CN(c2ccc(F)cc2)S(=O)(=O)c2ccccc2)[C@@H](Cc2ccccc2)C(=O)NCC(C)C)c1. The van der Waals surface area contributed by atoms with Crippen LogP contribution in [-0.2, 0) is 32.6 Å². The van der Waals surface area contributed by atoms with Gasteiger partial charge in [-0.15, -0.1) is 0 Å². The van der Waals surface area contributed by atoms with E-state index in [0.717, 1.165) is 33.1 Å². The van der Waals surface area contributed by atoms with Crippen LogP contribution in [0.3, 0.4) is 0 Å². The van der Waals surface area contributed by atoms with Gasteiger partial charge in [-0.2, -0.15) is 0 Å². The van der Waals surface area contributed by atoms with Crippen molar-refractivity contribution in [2.75, 3.05) is 17.4 Å². The van der Waals surface area contributed by atoms with Gasteiger partial charge in [0.05, 0.1) is 10.6 Å². The lowest BCUT2D eigenvalue weighted by molar-refractivity contribution is -0.140. The number of nitrogens with one attached hydrogen (secondary N) is 1. The minimum Gasteiger partial charge on any atom is -0.354 e. The van der Waals surface area contributed by atoms with Gasteiger partial charge in [-0.25, -0.2) is 12.8 Å². The summed E-state index contributed by atoms with van der Waals surface area (Å²) in [6.07, 6.45) is 0.226. The van der Waals surface area contributed by atoms with E-state index in [1.54, 1.807) is 18.2 Å². The Hall–Kier alpha value is -4.50. The van der Waals surface area contributed by atoms with Crippen LogP contribution in [0.5, 0.6) is 0 Å². The van der Waals surface area contributed by atoms with Crippen molar-refractivity contribution in [3.8, 4) is 0 Å². The predicted molar refractivity (Wildman–Crippen MR) is 171 cm³/mol.